The van der Waals surface area contributed by atoms with Gasteiger partial charge in [-0.05, 0) is 12.1 Å². The Hall–Kier alpha value is -3.15. The number of rotatable bonds is 2. The molecule has 0 fully saturated rings. The van der Waals surface area contributed by atoms with E-state index in [1.165, 1.54) is 12.3 Å². The zero-order chi connectivity index (χ0) is 14.7. The molecule has 104 valence electrons. The maximum absolute atomic E-state index is 12.2. The van der Waals surface area contributed by atoms with Gasteiger partial charge in [-0.15, -0.1) is 4.74 Å². The third-order valence-corrected chi connectivity index (χ3v) is 2.82. The second kappa shape index (κ2) is 5.46. The van der Waals surface area contributed by atoms with Crippen LogP contribution >= 0.6 is 0 Å². The molecule has 6 nitrogen and oxygen atoms in total. The molecule has 0 saturated carbocycles. The number of pyridine rings is 1. The largest absolute Gasteiger partial charge is 0.360 e. The molecule has 0 spiro atoms. The summed E-state index contributed by atoms with van der Waals surface area (Å²) in [6, 6.07) is 13.2. The van der Waals surface area contributed by atoms with E-state index in [1.807, 2.05) is 18.2 Å². The maximum atomic E-state index is 12.2. The monoisotopic (exact) mass is 281 g/mol. The van der Waals surface area contributed by atoms with Crippen LogP contribution in [0.15, 0.2) is 70.2 Å². The van der Waals surface area contributed by atoms with Gasteiger partial charge in [0, 0.05) is 11.8 Å². The predicted molar refractivity (Wildman–Crippen MR) is 77.1 cm³/mol. The number of carbonyl (C=O) groups excluding carboxylic acids is 1. The van der Waals surface area contributed by atoms with Crippen LogP contribution in [0.1, 0.15) is 0 Å². The van der Waals surface area contributed by atoms with Gasteiger partial charge in [-0.1, -0.05) is 30.3 Å². The fraction of sp³-hybridized carbons (Fsp3) is 0. The SMILES string of the molecule is O=C(Nc1cccnc1)n1oc(=O)cc1-c1ccccc1. The van der Waals surface area contributed by atoms with Crippen molar-refractivity contribution in [3.63, 3.8) is 0 Å². The van der Waals surface area contributed by atoms with Crippen LogP contribution < -0.4 is 10.9 Å². The highest BCUT2D eigenvalue weighted by atomic mass is 16.5. The number of carbonyl (C=O) groups is 1. The molecule has 0 aliphatic heterocycles. The summed E-state index contributed by atoms with van der Waals surface area (Å²) >= 11 is 0. The number of anilines is 1. The summed E-state index contributed by atoms with van der Waals surface area (Å²) in [5, 5.41) is 2.61. The van der Waals surface area contributed by atoms with E-state index in [4.69, 9.17) is 4.52 Å². The highest BCUT2D eigenvalue weighted by Gasteiger charge is 2.16. The van der Waals surface area contributed by atoms with Crippen molar-refractivity contribution in [2.75, 3.05) is 5.32 Å². The molecule has 21 heavy (non-hydrogen) atoms. The number of benzene rings is 1. The normalized spacial score (nSPS) is 10.3. The van der Waals surface area contributed by atoms with E-state index >= 15 is 0 Å². The molecule has 1 amide bonds. The molecule has 0 bridgehead atoms. The minimum atomic E-state index is -0.588. The third kappa shape index (κ3) is 2.74. The van der Waals surface area contributed by atoms with Crippen molar-refractivity contribution in [1.82, 2.24) is 9.72 Å². The summed E-state index contributed by atoms with van der Waals surface area (Å²) in [6.45, 7) is 0. The standard InChI is InChI=1S/C15H11N3O3/c19-14-9-13(11-5-2-1-3-6-11)18(21-14)15(20)17-12-7-4-8-16-10-12/h1-10H,(H,17,20). The summed E-state index contributed by atoms with van der Waals surface area (Å²) in [5.74, 6) is 0. The first kappa shape index (κ1) is 12.9. The molecule has 2 heterocycles. The smallest absolute Gasteiger partial charge is 0.327 e. The lowest BCUT2D eigenvalue weighted by molar-refractivity contribution is 0.220. The average Bonchev–Trinajstić information content (AvgIpc) is 2.91. The minimum absolute atomic E-state index is 0.391. The van der Waals surface area contributed by atoms with Gasteiger partial charge in [0.25, 0.3) is 0 Å². The molecule has 0 atom stereocenters. The van der Waals surface area contributed by atoms with Crippen molar-refractivity contribution < 1.29 is 9.32 Å². The Kier molecular flexibility index (Phi) is 3.34. The Bertz CT molecular complexity index is 807. The van der Waals surface area contributed by atoms with Gasteiger partial charge in [0.05, 0.1) is 18.0 Å². The van der Waals surface area contributed by atoms with Crippen LogP contribution in [0.2, 0.25) is 0 Å². The highest BCUT2D eigenvalue weighted by molar-refractivity contribution is 5.92. The Morgan fingerprint density at radius 2 is 1.95 bits per heavy atom. The van der Waals surface area contributed by atoms with Gasteiger partial charge in [0.1, 0.15) is 5.69 Å². The summed E-state index contributed by atoms with van der Waals surface area (Å²) in [6.07, 6.45) is 3.10. The van der Waals surface area contributed by atoms with E-state index < -0.39 is 11.7 Å². The first-order valence-corrected chi connectivity index (χ1v) is 6.24. The van der Waals surface area contributed by atoms with Crippen LogP contribution in [-0.2, 0) is 0 Å². The number of aromatic nitrogens is 2. The second-order valence-corrected chi connectivity index (χ2v) is 4.27. The Morgan fingerprint density at radius 3 is 2.67 bits per heavy atom. The third-order valence-electron chi connectivity index (χ3n) is 2.82. The number of hydrogen-bond acceptors (Lipinski definition) is 4. The highest BCUT2D eigenvalue weighted by Crippen LogP contribution is 2.18. The lowest BCUT2D eigenvalue weighted by Gasteiger charge is -2.06. The van der Waals surface area contributed by atoms with Gasteiger partial charge in [0.15, 0.2) is 0 Å². The molecule has 3 rings (SSSR count). The van der Waals surface area contributed by atoms with E-state index in [9.17, 15) is 9.59 Å². The van der Waals surface area contributed by atoms with E-state index in [0.717, 1.165) is 4.74 Å². The van der Waals surface area contributed by atoms with Crippen molar-refractivity contribution in [2.24, 2.45) is 0 Å². The molecule has 0 unspecified atom stereocenters. The Morgan fingerprint density at radius 1 is 1.14 bits per heavy atom. The van der Waals surface area contributed by atoms with Gasteiger partial charge < -0.3 is 9.84 Å². The minimum Gasteiger partial charge on any atom is -0.327 e. The molecular formula is C15H11N3O3. The lowest BCUT2D eigenvalue weighted by Crippen LogP contribution is -2.20. The van der Waals surface area contributed by atoms with E-state index in [1.54, 1.807) is 30.5 Å². The number of nitrogens with one attached hydrogen (secondary N) is 1. The van der Waals surface area contributed by atoms with Crippen molar-refractivity contribution in [1.29, 1.82) is 0 Å². The summed E-state index contributed by atoms with van der Waals surface area (Å²) in [5.41, 5.74) is 1.03. The fourth-order valence-corrected chi connectivity index (χ4v) is 1.91. The van der Waals surface area contributed by atoms with Crippen LogP contribution in [0.3, 0.4) is 0 Å². The Labute approximate surface area is 119 Å². The summed E-state index contributed by atoms with van der Waals surface area (Å²) in [4.78, 5) is 27.6. The molecule has 1 aromatic carbocycles. The molecule has 6 heteroatoms. The lowest BCUT2D eigenvalue weighted by atomic mass is 10.1. The number of nitrogens with zero attached hydrogens (tertiary/aromatic N) is 2. The summed E-state index contributed by atoms with van der Waals surface area (Å²) < 4.78 is 5.87. The van der Waals surface area contributed by atoms with Crippen LogP contribution in [0.5, 0.6) is 0 Å². The Balaban J connectivity index is 1.96. The molecule has 1 N–H and O–H groups in total. The van der Waals surface area contributed by atoms with Gasteiger partial charge in [0.2, 0.25) is 0 Å². The maximum Gasteiger partial charge on any atom is 0.360 e. The topological polar surface area (TPSA) is 77.1 Å². The first-order valence-electron chi connectivity index (χ1n) is 6.24. The zero-order valence-electron chi connectivity index (χ0n) is 10.9. The molecule has 0 aliphatic carbocycles. The van der Waals surface area contributed by atoms with Gasteiger partial charge in [-0.25, -0.2) is 9.59 Å². The van der Waals surface area contributed by atoms with Crippen LogP contribution in [0.4, 0.5) is 10.5 Å². The molecule has 2 aromatic heterocycles. The molecule has 0 radical (unpaired) electrons. The van der Waals surface area contributed by atoms with E-state index in [0.29, 0.717) is 16.9 Å². The van der Waals surface area contributed by atoms with Crippen molar-refractivity contribution in [3.05, 3.63) is 71.3 Å². The molecule has 3 aromatic rings. The quantitative estimate of drug-likeness (QED) is 0.783. The first-order chi connectivity index (χ1) is 10.2. The van der Waals surface area contributed by atoms with Crippen molar-refractivity contribution >= 4 is 11.7 Å². The predicted octanol–water partition coefficient (Wildman–Crippen LogP) is 2.58. The van der Waals surface area contributed by atoms with Crippen LogP contribution in [-0.4, -0.2) is 15.8 Å². The van der Waals surface area contributed by atoms with E-state index in [2.05, 4.69) is 10.3 Å². The van der Waals surface area contributed by atoms with Crippen molar-refractivity contribution in [2.45, 2.75) is 0 Å². The zero-order valence-corrected chi connectivity index (χ0v) is 10.9. The fourth-order valence-electron chi connectivity index (χ4n) is 1.91. The average molecular weight is 281 g/mol. The van der Waals surface area contributed by atoms with Crippen LogP contribution in [0.25, 0.3) is 11.3 Å². The van der Waals surface area contributed by atoms with Gasteiger partial charge >= 0.3 is 11.7 Å². The second-order valence-electron chi connectivity index (χ2n) is 4.27. The molecular weight excluding hydrogens is 270 g/mol. The summed E-state index contributed by atoms with van der Waals surface area (Å²) in [7, 11) is 0. The van der Waals surface area contributed by atoms with E-state index in [-0.39, 0.29) is 0 Å². The number of hydrogen-bond donors (Lipinski definition) is 1. The van der Waals surface area contributed by atoms with Crippen LogP contribution in [0, 0.1) is 0 Å². The van der Waals surface area contributed by atoms with Crippen molar-refractivity contribution in [3.8, 4) is 11.3 Å². The number of amides is 1. The molecule has 0 aliphatic rings. The molecule has 0 saturated heterocycles. The van der Waals surface area contributed by atoms with Gasteiger partial charge in [-0.2, -0.15) is 0 Å². The van der Waals surface area contributed by atoms with Gasteiger partial charge in [-0.3, -0.25) is 4.98 Å².